The van der Waals surface area contributed by atoms with Gasteiger partial charge in [0.05, 0.1) is 0 Å². The Balaban J connectivity index is 2.02. The van der Waals surface area contributed by atoms with Gasteiger partial charge in [0.1, 0.15) is 6.04 Å². The van der Waals surface area contributed by atoms with Gasteiger partial charge in [0, 0.05) is 29.9 Å². The molecule has 1 aliphatic heterocycles. The Labute approximate surface area is 142 Å². The monoisotopic (exact) mass is 337 g/mol. The molecule has 128 valence electrons. The highest BCUT2D eigenvalue weighted by atomic mass is 32.1. The fourth-order valence-corrected chi connectivity index (χ4v) is 3.63. The molecule has 2 rings (SSSR count). The predicted molar refractivity (Wildman–Crippen MR) is 93.1 cm³/mol. The summed E-state index contributed by atoms with van der Waals surface area (Å²) in [7, 11) is 0. The zero-order valence-corrected chi connectivity index (χ0v) is 15.0. The molecule has 0 saturated carbocycles. The Hall–Kier alpha value is -1.40. The van der Waals surface area contributed by atoms with Gasteiger partial charge < -0.3 is 16.0 Å². The summed E-state index contributed by atoms with van der Waals surface area (Å²) in [5.41, 5.74) is 7.03. The predicted octanol–water partition coefficient (Wildman–Crippen LogP) is 1.90. The molecule has 1 aromatic rings. The highest BCUT2D eigenvalue weighted by molar-refractivity contribution is 7.10. The molecule has 2 heterocycles. The van der Waals surface area contributed by atoms with Crippen LogP contribution in [0.2, 0.25) is 0 Å². The molecule has 3 N–H and O–H groups in total. The van der Waals surface area contributed by atoms with E-state index in [1.165, 1.54) is 10.4 Å². The van der Waals surface area contributed by atoms with Crippen LogP contribution < -0.4 is 11.1 Å². The summed E-state index contributed by atoms with van der Waals surface area (Å²) in [5, 5.41) is 4.98. The third kappa shape index (κ3) is 4.32. The van der Waals surface area contributed by atoms with Gasteiger partial charge in [-0.25, -0.2) is 0 Å². The quantitative estimate of drug-likeness (QED) is 0.832. The van der Waals surface area contributed by atoms with Gasteiger partial charge in [0.25, 0.3) is 0 Å². The first-order valence-electron chi connectivity index (χ1n) is 8.34. The standard InChI is InChI=1S/C17H27N3O2S/c1-4-5-14(19-16(21)11(2)12(3)18)17(22)20-8-6-15-13(10-20)7-9-23-15/h7,9,11-12,14H,4-6,8,10,18H2,1-3H3,(H,19,21). The molecule has 0 saturated heterocycles. The Morgan fingerprint density at radius 1 is 1.43 bits per heavy atom. The van der Waals surface area contributed by atoms with Crippen LogP contribution in [0.1, 0.15) is 44.1 Å². The van der Waals surface area contributed by atoms with E-state index in [2.05, 4.69) is 16.8 Å². The van der Waals surface area contributed by atoms with Gasteiger partial charge in [-0.2, -0.15) is 0 Å². The van der Waals surface area contributed by atoms with E-state index in [0.29, 0.717) is 13.0 Å². The Kier molecular flexibility index (Phi) is 6.18. The maximum Gasteiger partial charge on any atom is 0.245 e. The Bertz CT molecular complexity index is 556. The SMILES string of the molecule is CCCC(NC(=O)C(C)C(C)N)C(=O)N1CCc2sccc2C1. The van der Waals surface area contributed by atoms with Gasteiger partial charge in [0.15, 0.2) is 0 Å². The average Bonchev–Trinajstić information content (AvgIpc) is 3.00. The minimum absolute atomic E-state index is 0.0222. The van der Waals surface area contributed by atoms with Crippen molar-refractivity contribution in [1.82, 2.24) is 10.2 Å². The molecule has 0 fully saturated rings. The molecule has 0 aliphatic carbocycles. The molecule has 0 aromatic carbocycles. The zero-order chi connectivity index (χ0) is 17.0. The molecule has 23 heavy (non-hydrogen) atoms. The third-order valence-corrected chi connectivity index (χ3v) is 5.54. The molecule has 0 spiro atoms. The molecule has 1 aromatic heterocycles. The van der Waals surface area contributed by atoms with Crippen molar-refractivity contribution >= 4 is 23.2 Å². The number of carbonyl (C=O) groups is 2. The summed E-state index contributed by atoms with van der Waals surface area (Å²) in [4.78, 5) is 28.3. The lowest BCUT2D eigenvalue weighted by Gasteiger charge is -2.31. The second-order valence-electron chi connectivity index (χ2n) is 6.38. The normalized spacial score (nSPS) is 18.0. The molecule has 3 atom stereocenters. The molecule has 0 bridgehead atoms. The zero-order valence-electron chi connectivity index (χ0n) is 14.2. The number of thiophene rings is 1. The van der Waals surface area contributed by atoms with Gasteiger partial charge in [-0.1, -0.05) is 20.3 Å². The smallest absolute Gasteiger partial charge is 0.245 e. The number of hydrogen-bond acceptors (Lipinski definition) is 4. The first-order valence-corrected chi connectivity index (χ1v) is 9.22. The number of carbonyl (C=O) groups excluding carboxylic acids is 2. The van der Waals surface area contributed by atoms with Crippen molar-refractivity contribution in [2.24, 2.45) is 11.7 Å². The molecule has 1 aliphatic rings. The number of nitrogens with one attached hydrogen (secondary N) is 1. The minimum atomic E-state index is -0.450. The van der Waals surface area contributed by atoms with Crippen LogP contribution >= 0.6 is 11.3 Å². The lowest BCUT2D eigenvalue weighted by Crippen LogP contribution is -2.52. The van der Waals surface area contributed by atoms with Crippen LogP contribution in [-0.2, 0) is 22.6 Å². The van der Waals surface area contributed by atoms with Crippen molar-refractivity contribution < 1.29 is 9.59 Å². The highest BCUT2D eigenvalue weighted by Crippen LogP contribution is 2.24. The summed E-state index contributed by atoms with van der Waals surface area (Å²) in [6.45, 7) is 7.01. The summed E-state index contributed by atoms with van der Waals surface area (Å²) in [6.07, 6.45) is 2.41. The van der Waals surface area contributed by atoms with E-state index in [1.54, 1.807) is 18.3 Å². The first-order chi connectivity index (χ1) is 10.9. The number of nitrogens with zero attached hydrogens (tertiary/aromatic N) is 1. The van der Waals surface area contributed by atoms with Crippen LogP contribution in [0.4, 0.5) is 0 Å². The van der Waals surface area contributed by atoms with E-state index in [9.17, 15) is 9.59 Å². The van der Waals surface area contributed by atoms with Crippen molar-refractivity contribution in [3.8, 4) is 0 Å². The van der Waals surface area contributed by atoms with E-state index in [0.717, 1.165) is 19.4 Å². The molecule has 5 nitrogen and oxygen atoms in total. The second-order valence-corrected chi connectivity index (χ2v) is 7.38. The fraction of sp³-hybridized carbons (Fsp3) is 0.647. The summed E-state index contributed by atoms with van der Waals surface area (Å²) in [6, 6.07) is 1.41. The summed E-state index contributed by atoms with van der Waals surface area (Å²) >= 11 is 1.75. The lowest BCUT2D eigenvalue weighted by atomic mass is 10.0. The third-order valence-electron chi connectivity index (χ3n) is 4.51. The molecule has 0 radical (unpaired) electrons. The molecular formula is C17H27N3O2S. The largest absolute Gasteiger partial charge is 0.344 e. The van der Waals surface area contributed by atoms with E-state index in [4.69, 9.17) is 5.73 Å². The Morgan fingerprint density at radius 2 is 2.17 bits per heavy atom. The summed E-state index contributed by atoms with van der Waals surface area (Å²) in [5.74, 6) is -0.416. The minimum Gasteiger partial charge on any atom is -0.344 e. The highest BCUT2D eigenvalue weighted by Gasteiger charge is 2.29. The molecule has 2 amide bonds. The number of hydrogen-bond donors (Lipinski definition) is 2. The van der Waals surface area contributed by atoms with Crippen LogP contribution in [0.25, 0.3) is 0 Å². The van der Waals surface area contributed by atoms with Crippen molar-refractivity contribution in [3.63, 3.8) is 0 Å². The fourth-order valence-electron chi connectivity index (χ4n) is 2.74. The molecular weight excluding hydrogens is 310 g/mol. The topological polar surface area (TPSA) is 75.4 Å². The van der Waals surface area contributed by atoms with E-state index in [1.807, 2.05) is 18.7 Å². The van der Waals surface area contributed by atoms with Crippen molar-refractivity contribution in [1.29, 1.82) is 0 Å². The van der Waals surface area contributed by atoms with Crippen LogP contribution in [0.15, 0.2) is 11.4 Å². The van der Waals surface area contributed by atoms with Crippen LogP contribution in [0, 0.1) is 5.92 Å². The lowest BCUT2D eigenvalue weighted by molar-refractivity contribution is -0.138. The van der Waals surface area contributed by atoms with Gasteiger partial charge in [-0.05, 0) is 36.8 Å². The van der Waals surface area contributed by atoms with Gasteiger partial charge in [-0.3, -0.25) is 9.59 Å². The maximum atomic E-state index is 12.8. The van der Waals surface area contributed by atoms with Crippen molar-refractivity contribution in [2.75, 3.05) is 6.54 Å². The van der Waals surface area contributed by atoms with Crippen molar-refractivity contribution in [3.05, 3.63) is 21.9 Å². The van der Waals surface area contributed by atoms with E-state index in [-0.39, 0.29) is 23.8 Å². The van der Waals surface area contributed by atoms with Crippen molar-refractivity contribution in [2.45, 2.75) is 58.7 Å². The van der Waals surface area contributed by atoms with Gasteiger partial charge in [0.2, 0.25) is 11.8 Å². The average molecular weight is 337 g/mol. The van der Waals surface area contributed by atoms with E-state index < -0.39 is 6.04 Å². The second kappa shape index (κ2) is 7.93. The van der Waals surface area contributed by atoms with Gasteiger partial charge >= 0.3 is 0 Å². The number of rotatable bonds is 6. The van der Waals surface area contributed by atoms with Gasteiger partial charge in [-0.15, -0.1) is 11.3 Å². The number of amides is 2. The molecule has 6 heteroatoms. The number of nitrogens with two attached hydrogens (primary N) is 1. The van der Waals surface area contributed by atoms with Crippen LogP contribution in [0.5, 0.6) is 0 Å². The van der Waals surface area contributed by atoms with E-state index >= 15 is 0 Å². The molecule has 3 unspecified atom stereocenters. The first kappa shape index (κ1) is 17.9. The summed E-state index contributed by atoms with van der Waals surface area (Å²) < 4.78 is 0. The van der Waals surface area contributed by atoms with Crippen LogP contribution in [-0.4, -0.2) is 35.3 Å². The van der Waals surface area contributed by atoms with Crippen LogP contribution in [0.3, 0.4) is 0 Å². The Morgan fingerprint density at radius 3 is 2.83 bits per heavy atom. The maximum absolute atomic E-state index is 12.8. The number of fused-ring (bicyclic) bond motifs is 1.